The average Bonchev–Trinajstić information content (AvgIpc) is 2.50. The van der Waals surface area contributed by atoms with Crippen LogP contribution < -0.4 is 5.73 Å². The van der Waals surface area contributed by atoms with Crippen LogP contribution in [0.1, 0.15) is 29.9 Å². The third-order valence-corrected chi connectivity index (χ3v) is 2.69. The maximum atomic E-state index is 13.8. The van der Waals surface area contributed by atoms with E-state index in [2.05, 4.69) is 9.97 Å². The molecule has 0 spiro atoms. The summed E-state index contributed by atoms with van der Waals surface area (Å²) in [7, 11) is 1.68. The van der Waals surface area contributed by atoms with Crippen molar-refractivity contribution in [3.8, 4) is 0 Å². The largest absolute Gasteiger partial charge is 0.384 e. The van der Waals surface area contributed by atoms with Gasteiger partial charge < -0.3 is 10.3 Å². The van der Waals surface area contributed by atoms with E-state index in [1.807, 2.05) is 0 Å². The molecule has 0 aliphatic heterocycles. The number of aldehydes is 1. The highest BCUT2D eigenvalue weighted by molar-refractivity contribution is 5.99. The lowest BCUT2D eigenvalue weighted by Gasteiger charge is -2.12. The summed E-state index contributed by atoms with van der Waals surface area (Å²) in [6, 6.07) is 0. The van der Waals surface area contributed by atoms with Crippen molar-refractivity contribution in [2.45, 2.75) is 19.5 Å². The predicted molar refractivity (Wildman–Crippen MR) is 62.4 cm³/mol. The van der Waals surface area contributed by atoms with Crippen LogP contribution in [0, 0.1) is 0 Å². The van der Waals surface area contributed by atoms with Crippen molar-refractivity contribution in [2.24, 2.45) is 7.05 Å². The summed E-state index contributed by atoms with van der Waals surface area (Å²) in [5.74, 6) is 0.281. The molecule has 0 unspecified atom stereocenters. The van der Waals surface area contributed by atoms with Gasteiger partial charge in [0.15, 0.2) is 11.9 Å². The van der Waals surface area contributed by atoms with Crippen molar-refractivity contribution in [1.82, 2.24) is 14.5 Å². The van der Waals surface area contributed by atoms with E-state index in [1.165, 1.54) is 20.0 Å². The van der Waals surface area contributed by atoms with Crippen molar-refractivity contribution < 1.29 is 9.18 Å². The van der Waals surface area contributed by atoms with Crippen LogP contribution >= 0.6 is 0 Å². The quantitative estimate of drug-likeness (QED) is 0.803. The fourth-order valence-corrected chi connectivity index (χ4v) is 1.63. The number of rotatable bonds is 2. The van der Waals surface area contributed by atoms with E-state index in [9.17, 15) is 9.18 Å². The molecule has 5 nitrogen and oxygen atoms in total. The number of alkyl halides is 1. The summed E-state index contributed by atoms with van der Waals surface area (Å²) < 4.78 is 15.3. The minimum absolute atomic E-state index is 0.179. The van der Waals surface area contributed by atoms with Gasteiger partial charge in [0.2, 0.25) is 0 Å². The third kappa shape index (κ3) is 1.65. The van der Waals surface area contributed by atoms with Crippen LogP contribution in [0.25, 0.3) is 11.2 Å². The Morgan fingerprint density at radius 2 is 2.18 bits per heavy atom. The molecule has 0 atom stereocenters. The molecule has 0 fully saturated rings. The number of hydrogen-bond acceptors (Lipinski definition) is 4. The van der Waals surface area contributed by atoms with Crippen molar-refractivity contribution >= 4 is 23.3 Å². The molecular formula is C11H13FN4O. The van der Waals surface area contributed by atoms with Crippen LogP contribution in [0.5, 0.6) is 0 Å². The van der Waals surface area contributed by atoms with Crippen LogP contribution in [0.4, 0.5) is 10.2 Å². The first kappa shape index (κ1) is 11.5. The highest BCUT2D eigenvalue weighted by Gasteiger charge is 2.23. The third-order valence-electron chi connectivity index (χ3n) is 2.69. The second-order valence-corrected chi connectivity index (χ2v) is 4.38. The van der Waals surface area contributed by atoms with Crippen molar-refractivity contribution in [3.63, 3.8) is 0 Å². The highest BCUT2D eigenvalue weighted by atomic mass is 19.1. The number of carbonyl (C=O) groups is 1. The molecule has 2 N–H and O–H groups in total. The molecule has 2 rings (SSSR count). The van der Waals surface area contributed by atoms with E-state index in [4.69, 9.17) is 5.73 Å². The minimum atomic E-state index is -1.61. The maximum absolute atomic E-state index is 13.8. The number of nitrogen functional groups attached to an aromatic ring is 1. The fraction of sp³-hybridized carbons (Fsp3) is 0.364. The Labute approximate surface area is 97.5 Å². The van der Waals surface area contributed by atoms with E-state index in [-0.39, 0.29) is 17.1 Å². The SMILES string of the molecule is Cn1c(N)c(C=O)c2nc(C(C)(C)F)cnc21. The van der Waals surface area contributed by atoms with Gasteiger partial charge in [-0.2, -0.15) is 0 Å². The van der Waals surface area contributed by atoms with Crippen molar-refractivity contribution in [1.29, 1.82) is 0 Å². The summed E-state index contributed by atoms with van der Waals surface area (Å²) in [6.45, 7) is 2.77. The molecule has 2 aromatic rings. The van der Waals surface area contributed by atoms with E-state index in [1.54, 1.807) is 11.6 Å². The van der Waals surface area contributed by atoms with Crippen molar-refractivity contribution in [3.05, 3.63) is 17.5 Å². The van der Waals surface area contributed by atoms with Crippen LogP contribution in [0.2, 0.25) is 0 Å². The summed E-state index contributed by atoms with van der Waals surface area (Å²) in [4.78, 5) is 19.2. The Bertz CT molecular complexity index is 598. The lowest BCUT2D eigenvalue weighted by molar-refractivity contribution is 0.112. The molecule has 0 radical (unpaired) electrons. The molecular weight excluding hydrogens is 223 g/mol. The highest BCUT2D eigenvalue weighted by Crippen LogP contribution is 2.27. The van der Waals surface area contributed by atoms with E-state index < -0.39 is 5.67 Å². The van der Waals surface area contributed by atoms with Crippen LogP contribution in [-0.4, -0.2) is 20.8 Å². The molecule has 0 aromatic carbocycles. The van der Waals surface area contributed by atoms with Gasteiger partial charge in [-0.3, -0.25) is 4.79 Å². The Balaban J connectivity index is 2.81. The van der Waals surface area contributed by atoms with Gasteiger partial charge in [-0.1, -0.05) is 0 Å². The predicted octanol–water partition coefficient (Wildman–Crippen LogP) is 1.57. The number of halogens is 1. The summed E-state index contributed by atoms with van der Waals surface area (Å²) >= 11 is 0. The Kier molecular flexibility index (Phi) is 2.38. The van der Waals surface area contributed by atoms with Gasteiger partial charge in [0.25, 0.3) is 0 Å². The lowest BCUT2D eigenvalue weighted by Crippen LogP contribution is -2.12. The van der Waals surface area contributed by atoms with Crippen LogP contribution in [0.15, 0.2) is 6.20 Å². The molecule has 0 amide bonds. The molecule has 6 heteroatoms. The molecule has 17 heavy (non-hydrogen) atoms. The van der Waals surface area contributed by atoms with Gasteiger partial charge >= 0.3 is 0 Å². The first-order chi connectivity index (χ1) is 7.86. The van der Waals surface area contributed by atoms with Crippen LogP contribution in [-0.2, 0) is 12.7 Å². The summed E-state index contributed by atoms with van der Waals surface area (Å²) in [6.07, 6.45) is 1.97. The zero-order chi connectivity index (χ0) is 12.8. The second kappa shape index (κ2) is 3.51. The topological polar surface area (TPSA) is 73.8 Å². The second-order valence-electron chi connectivity index (χ2n) is 4.38. The van der Waals surface area contributed by atoms with Gasteiger partial charge in [0.1, 0.15) is 17.0 Å². The number of fused-ring (bicyclic) bond motifs is 1. The number of anilines is 1. The molecule has 2 heterocycles. The lowest BCUT2D eigenvalue weighted by atomic mass is 10.1. The number of hydrogen-bond donors (Lipinski definition) is 1. The maximum Gasteiger partial charge on any atom is 0.160 e. The number of carbonyl (C=O) groups excluding carboxylic acids is 1. The molecule has 90 valence electrons. The fourth-order valence-electron chi connectivity index (χ4n) is 1.63. The molecule has 2 aromatic heterocycles. The van der Waals surface area contributed by atoms with E-state index in [0.29, 0.717) is 17.5 Å². The molecule has 0 aliphatic carbocycles. The summed E-state index contributed by atoms with van der Waals surface area (Å²) in [5.41, 5.74) is 5.37. The average molecular weight is 236 g/mol. The normalized spacial score (nSPS) is 12.0. The van der Waals surface area contributed by atoms with E-state index >= 15 is 0 Å². The van der Waals surface area contributed by atoms with Gasteiger partial charge in [-0.05, 0) is 13.8 Å². The Morgan fingerprint density at radius 3 is 2.71 bits per heavy atom. The Hall–Kier alpha value is -1.98. The molecule has 0 bridgehead atoms. The minimum Gasteiger partial charge on any atom is -0.384 e. The van der Waals surface area contributed by atoms with Crippen molar-refractivity contribution in [2.75, 3.05) is 5.73 Å². The zero-order valence-corrected chi connectivity index (χ0v) is 9.86. The number of aromatic nitrogens is 3. The standard InChI is InChI=1S/C11H13FN4O/c1-11(2,12)7-4-14-10-8(15-7)6(5-17)9(13)16(10)3/h4-5H,13H2,1-3H3. The summed E-state index contributed by atoms with van der Waals surface area (Å²) in [5, 5.41) is 0. The molecule has 0 saturated heterocycles. The monoisotopic (exact) mass is 236 g/mol. The van der Waals surface area contributed by atoms with Gasteiger partial charge in [-0.15, -0.1) is 0 Å². The van der Waals surface area contributed by atoms with Gasteiger partial charge in [-0.25, -0.2) is 14.4 Å². The van der Waals surface area contributed by atoms with E-state index in [0.717, 1.165) is 0 Å². The Morgan fingerprint density at radius 1 is 1.53 bits per heavy atom. The number of nitrogens with two attached hydrogens (primary N) is 1. The van der Waals surface area contributed by atoms with Gasteiger partial charge in [0.05, 0.1) is 17.5 Å². The van der Waals surface area contributed by atoms with Gasteiger partial charge in [0, 0.05) is 7.05 Å². The molecule has 0 aliphatic rings. The number of nitrogens with zero attached hydrogens (tertiary/aromatic N) is 3. The first-order valence-electron chi connectivity index (χ1n) is 5.11. The van der Waals surface area contributed by atoms with Crippen LogP contribution in [0.3, 0.4) is 0 Å². The smallest absolute Gasteiger partial charge is 0.160 e. The number of aryl methyl sites for hydroxylation is 1. The zero-order valence-electron chi connectivity index (χ0n) is 9.86. The first-order valence-corrected chi connectivity index (χ1v) is 5.11. The molecule has 0 saturated carbocycles.